The fourth-order valence-corrected chi connectivity index (χ4v) is 4.17. The van der Waals surface area contributed by atoms with E-state index in [0.29, 0.717) is 12.4 Å². The van der Waals surface area contributed by atoms with Gasteiger partial charge in [-0.15, -0.1) is 28.8 Å². The summed E-state index contributed by atoms with van der Waals surface area (Å²) < 4.78 is 8.28. The molecule has 6 heteroatoms. The Balaban J connectivity index is 0.00000241. The van der Waals surface area contributed by atoms with Gasteiger partial charge < -0.3 is 19.1 Å². The van der Waals surface area contributed by atoms with Gasteiger partial charge in [0.05, 0.1) is 6.61 Å². The maximum absolute atomic E-state index is 6.15. The molecule has 5 nitrogen and oxygen atoms in total. The minimum Gasteiger partial charge on any atom is -0.517 e. The fourth-order valence-electron chi connectivity index (χ4n) is 4.17. The Labute approximate surface area is 213 Å². The van der Waals surface area contributed by atoms with Crippen LogP contribution in [0.4, 0.5) is 5.69 Å². The Morgan fingerprint density at radius 1 is 0.882 bits per heavy atom. The summed E-state index contributed by atoms with van der Waals surface area (Å²) in [6.45, 7) is 2.42. The van der Waals surface area contributed by atoms with Gasteiger partial charge >= 0.3 is 0 Å². The molecule has 1 aliphatic heterocycles. The SMILES string of the molecule is CN1C=CN(c2[c-]c(COc3[c-]c4c(cc3)c3ccccc3n4-c3ccccn3)ccc2)[CH-]1.[Pt]. The van der Waals surface area contributed by atoms with Crippen molar-refractivity contribution in [2.45, 2.75) is 6.61 Å². The first-order valence-corrected chi connectivity index (χ1v) is 10.8. The van der Waals surface area contributed by atoms with E-state index in [2.05, 4.69) is 45.9 Å². The van der Waals surface area contributed by atoms with Crippen molar-refractivity contribution in [3.05, 3.63) is 116 Å². The predicted molar refractivity (Wildman–Crippen MR) is 131 cm³/mol. The van der Waals surface area contributed by atoms with Crippen LogP contribution in [0, 0.1) is 18.8 Å². The first kappa shape index (κ1) is 22.2. The molecule has 3 aromatic carbocycles. The van der Waals surface area contributed by atoms with Gasteiger partial charge in [-0.2, -0.15) is 37.0 Å². The molecule has 0 saturated carbocycles. The van der Waals surface area contributed by atoms with Crippen molar-refractivity contribution in [2.24, 2.45) is 0 Å². The zero-order chi connectivity index (χ0) is 22.2. The maximum atomic E-state index is 6.15. The summed E-state index contributed by atoms with van der Waals surface area (Å²) >= 11 is 0. The Morgan fingerprint density at radius 3 is 2.59 bits per heavy atom. The minimum atomic E-state index is 0. The van der Waals surface area contributed by atoms with Crippen molar-refractivity contribution in [3.63, 3.8) is 0 Å². The largest absolute Gasteiger partial charge is 0.517 e. The van der Waals surface area contributed by atoms with Crippen LogP contribution in [0.5, 0.6) is 5.75 Å². The molecule has 0 amide bonds. The van der Waals surface area contributed by atoms with Gasteiger partial charge in [-0.1, -0.05) is 29.8 Å². The van der Waals surface area contributed by atoms with Gasteiger partial charge in [0, 0.05) is 38.5 Å². The van der Waals surface area contributed by atoms with E-state index in [4.69, 9.17) is 4.74 Å². The number of rotatable bonds is 5. The normalized spacial score (nSPS) is 13.0. The summed E-state index contributed by atoms with van der Waals surface area (Å²) in [7, 11) is 2.00. The number of aromatic nitrogens is 2. The number of hydrogen-bond acceptors (Lipinski definition) is 4. The van der Waals surface area contributed by atoms with Gasteiger partial charge in [-0.25, -0.2) is 4.98 Å². The smallest absolute Gasteiger partial charge is 0.135 e. The third-order valence-electron chi connectivity index (χ3n) is 5.71. The van der Waals surface area contributed by atoms with Crippen LogP contribution in [0.15, 0.2) is 91.4 Å². The molecule has 0 bridgehead atoms. The third kappa shape index (κ3) is 4.08. The second-order valence-electron chi connectivity index (χ2n) is 7.96. The zero-order valence-corrected chi connectivity index (χ0v) is 20.7. The number of benzene rings is 3. The molecule has 0 spiro atoms. The first-order chi connectivity index (χ1) is 16.3. The molecule has 34 heavy (non-hydrogen) atoms. The van der Waals surface area contributed by atoms with E-state index in [1.165, 1.54) is 5.39 Å². The Hall–Kier alpha value is -3.56. The van der Waals surface area contributed by atoms with Crippen LogP contribution < -0.4 is 9.64 Å². The molecular weight excluding hydrogens is 603 g/mol. The zero-order valence-electron chi connectivity index (χ0n) is 18.5. The summed E-state index contributed by atoms with van der Waals surface area (Å²) in [5.74, 6) is 1.55. The predicted octanol–water partition coefficient (Wildman–Crippen LogP) is 5.70. The minimum absolute atomic E-state index is 0. The van der Waals surface area contributed by atoms with Gasteiger partial charge in [0.25, 0.3) is 0 Å². The van der Waals surface area contributed by atoms with Crippen molar-refractivity contribution < 1.29 is 25.8 Å². The van der Waals surface area contributed by atoms with Crippen LogP contribution >= 0.6 is 0 Å². The van der Waals surface area contributed by atoms with E-state index in [9.17, 15) is 0 Å². The Morgan fingerprint density at radius 2 is 1.76 bits per heavy atom. The van der Waals surface area contributed by atoms with Gasteiger partial charge in [0.2, 0.25) is 0 Å². The first-order valence-electron chi connectivity index (χ1n) is 10.8. The third-order valence-corrected chi connectivity index (χ3v) is 5.71. The summed E-state index contributed by atoms with van der Waals surface area (Å²) in [4.78, 5) is 8.61. The maximum Gasteiger partial charge on any atom is 0.135 e. The van der Waals surface area contributed by atoms with Crippen molar-refractivity contribution in [1.29, 1.82) is 0 Å². The summed E-state index contributed by atoms with van der Waals surface area (Å²) in [5, 5.41) is 2.29. The van der Waals surface area contributed by atoms with Crippen LogP contribution in [0.2, 0.25) is 0 Å². The van der Waals surface area contributed by atoms with Crippen molar-refractivity contribution in [1.82, 2.24) is 14.5 Å². The number of anilines is 1. The van der Waals surface area contributed by atoms with E-state index in [1.54, 1.807) is 0 Å². The standard InChI is InChI=1S/C28H21N4O.Pt/c1-30-15-16-31(20-30)22-8-6-7-21(17-22)19-33-23-12-13-25-24-9-2-3-10-26(24)32(27(25)18-23)28-11-4-5-14-29-28;/h2-16,20H,19H2,1H3;/q-3;. The summed E-state index contributed by atoms with van der Waals surface area (Å²) in [5.41, 5.74) is 4.00. The van der Waals surface area contributed by atoms with Crippen LogP contribution in [-0.4, -0.2) is 21.5 Å². The van der Waals surface area contributed by atoms with E-state index in [0.717, 1.165) is 33.5 Å². The topological polar surface area (TPSA) is 33.5 Å². The number of nitrogens with zero attached hydrogens (tertiary/aromatic N) is 4. The number of pyridine rings is 1. The number of ether oxygens (including phenoxy) is 1. The molecule has 172 valence electrons. The second-order valence-corrected chi connectivity index (χ2v) is 7.96. The second kappa shape index (κ2) is 9.36. The van der Waals surface area contributed by atoms with Gasteiger partial charge in [-0.3, -0.25) is 0 Å². The molecule has 2 aromatic heterocycles. The Kier molecular flexibility index (Phi) is 6.12. The average molecular weight is 625 g/mol. The van der Waals surface area contributed by atoms with Gasteiger partial charge in [0.15, 0.2) is 0 Å². The van der Waals surface area contributed by atoms with Crippen LogP contribution in [0.1, 0.15) is 5.56 Å². The van der Waals surface area contributed by atoms with Crippen molar-refractivity contribution >= 4 is 27.5 Å². The van der Waals surface area contributed by atoms with E-state index < -0.39 is 0 Å². The quantitative estimate of drug-likeness (QED) is 0.235. The number of para-hydroxylation sites is 1. The molecule has 0 unspecified atom stereocenters. The van der Waals surface area contributed by atoms with Gasteiger partial charge in [-0.05, 0) is 43.0 Å². The van der Waals surface area contributed by atoms with Crippen LogP contribution in [-0.2, 0) is 27.7 Å². The van der Waals surface area contributed by atoms with Crippen LogP contribution in [0.3, 0.4) is 0 Å². The number of fused-ring (bicyclic) bond motifs is 3. The molecule has 0 N–H and O–H groups in total. The molecule has 0 saturated heterocycles. The molecule has 0 fully saturated rings. The number of hydrogen-bond donors (Lipinski definition) is 0. The van der Waals surface area contributed by atoms with E-state index in [1.807, 2.05) is 90.6 Å². The van der Waals surface area contributed by atoms with Crippen molar-refractivity contribution in [3.8, 4) is 11.6 Å². The molecule has 0 atom stereocenters. The van der Waals surface area contributed by atoms with Crippen LogP contribution in [0.25, 0.3) is 27.6 Å². The Bertz CT molecular complexity index is 1480. The summed E-state index contributed by atoms with van der Waals surface area (Å²) in [6.07, 6.45) is 5.82. The van der Waals surface area contributed by atoms with Gasteiger partial charge in [0.1, 0.15) is 5.82 Å². The fraction of sp³-hybridized carbons (Fsp3) is 0.0714. The molecular formula is C28H21N4OPt-3. The van der Waals surface area contributed by atoms with Crippen molar-refractivity contribution in [2.75, 3.05) is 11.9 Å². The monoisotopic (exact) mass is 624 g/mol. The molecule has 5 aromatic rings. The molecule has 3 heterocycles. The molecule has 1 aliphatic rings. The molecule has 0 radical (unpaired) electrons. The summed E-state index contributed by atoms with van der Waals surface area (Å²) in [6, 6.07) is 31.4. The average Bonchev–Trinajstić information content (AvgIpc) is 3.44. The van der Waals surface area contributed by atoms with E-state index >= 15 is 0 Å². The van der Waals surface area contributed by atoms with E-state index in [-0.39, 0.29) is 21.1 Å². The molecule has 6 rings (SSSR count). The molecule has 0 aliphatic carbocycles.